The van der Waals surface area contributed by atoms with Gasteiger partial charge < -0.3 is 15.0 Å². The number of ether oxygens (including phenoxy) is 1. The molecule has 1 N–H and O–H groups in total. The zero-order valence-corrected chi connectivity index (χ0v) is 11.0. The van der Waals surface area contributed by atoms with Crippen molar-refractivity contribution >= 4 is 5.91 Å². The van der Waals surface area contributed by atoms with Crippen molar-refractivity contribution in [2.24, 2.45) is 0 Å². The zero-order valence-electron chi connectivity index (χ0n) is 11.0. The second kappa shape index (κ2) is 5.87. The Kier molecular flexibility index (Phi) is 4.20. The predicted octanol–water partition coefficient (Wildman–Crippen LogP) is 1.06. The Morgan fingerprint density at radius 2 is 2.06 bits per heavy atom. The van der Waals surface area contributed by atoms with Gasteiger partial charge in [0.15, 0.2) is 0 Å². The molecule has 0 atom stereocenters. The molecular weight excluding hydrogens is 228 g/mol. The molecule has 0 unspecified atom stereocenters. The lowest BCUT2D eigenvalue weighted by Crippen LogP contribution is -2.59. The molecule has 4 heteroatoms. The van der Waals surface area contributed by atoms with Crippen molar-refractivity contribution in [2.75, 3.05) is 26.7 Å². The Labute approximate surface area is 108 Å². The van der Waals surface area contributed by atoms with Gasteiger partial charge in [0, 0.05) is 19.6 Å². The molecule has 1 heterocycles. The Morgan fingerprint density at radius 1 is 1.39 bits per heavy atom. The van der Waals surface area contributed by atoms with Crippen LogP contribution in [0.15, 0.2) is 24.3 Å². The number of hydrogen-bond donors (Lipinski definition) is 1. The van der Waals surface area contributed by atoms with Crippen molar-refractivity contribution in [3.8, 4) is 5.75 Å². The van der Waals surface area contributed by atoms with E-state index in [-0.39, 0.29) is 5.91 Å². The van der Waals surface area contributed by atoms with E-state index in [2.05, 4.69) is 5.32 Å². The molecule has 1 fully saturated rings. The van der Waals surface area contributed by atoms with Crippen LogP contribution in [-0.4, -0.2) is 43.6 Å². The molecule has 1 aromatic rings. The number of nitrogens with one attached hydrogen (secondary N) is 1. The lowest BCUT2D eigenvalue weighted by molar-refractivity contribution is -0.133. The predicted molar refractivity (Wildman–Crippen MR) is 70.7 cm³/mol. The molecule has 1 aliphatic rings. The van der Waals surface area contributed by atoms with Crippen LogP contribution in [0.25, 0.3) is 0 Å². The summed E-state index contributed by atoms with van der Waals surface area (Å²) in [5.74, 6) is 1.02. The Morgan fingerprint density at radius 3 is 2.50 bits per heavy atom. The molecule has 0 radical (unpaired) electrons. The van der Waals surface area contributed by atoms with Crippen molar-refractivity contribution in [1.82, 2.24) is 10.2 Å². The standard InChI is InChI=1S/C14H20N2O2/c1-3-16(12-9-15-10-12)14(17)8-11-4-6-13(18-2)7-5-11/h4-7,12,15H,3,8-10H2,1-2H3. The first kappa shape index (κ1) is 12.9. The fraction of sp³-hybridized carbons (Fsp3) is 0.500. The number of likely N-dealkylation sites (N-methyl/N-ethyl adjacent to an activating group) is 1. The summed E-state index contributed by atoms with van der Waals surface area (Å²) >= 11 is 0. The second-order valence-electron chi connectivity index (χ2n) is 4.52. The number of carbonyl (C=O) groups is 1. The lowest BCUT2D eigenvalue weighted by atomic mass is 10.1. The Balaban J connectivity index is 1.96. The molecule has 0 saturated carbocycles. The third kappa shape index (κ3) is 2.82. The highest BCUT2D eigenvalue weighted by atomic mass is 16.5. The zero-order chi connectivity index (χ0) is 13.0. The summed E-state index contributed by atoms with van der Waals surface area (Å²) in [6, 6.07) is 8.06. The van der Waals surface area contributed by atoms with Crippen LogP contribution in [0.1, 0.15) is 12.5 Å². The van der Waals surface area contributed by atoms with Gasteiger partial charge in [0.2, 0.25) is 5.91 Å². The number of hydrogen-bond acceptors (Lipinski definition) is 3. The molecule has 98 valence electrons. The minimum absolute atomic E-state index is 0.203. The summed E-state index contributed by atoms with van der Waals surface area (Å²) in [5, 5.41) is 3.20. The van der Waals surface area contributed by atoms with E-state index in [1.54, 1.807) is 7.11 Å². The first-order valence-corrected chi connectivity index (χ1v) is 6.37. The highest BCUT2D eigenvalue weighted by Crippen LogP contribution is 2.13. The van der Waals surface area contributed by atoms with Gasteiger partial charge in [-0.3, -0.25) is 4.79 Å². The van der Waals surface area contributed by atoms with E-state index >= 15 is 0 Å². The minimum Gasteiger partial charge on any atom is -0.497 e. The maximum Gasteiger partial charge on any atom is 0.227 e. The summed E-state index contributed by atoms with van der Waals surface area (Å²) < 4.78 is 5.10. The van der Waals surface area contributed by atoms with Crippen LogP contribution < -0.4 is 10.1 Å². The second-order valence-corrected chi connectivity index (χ2v) is 4.52. The smallest absolute Gasteiger partial charge is 0.227 e. The molecule has 0 aliphatic carbocycles. The summed E-state index contributed by atoms with van der Waals surface area (Å²) in [4.78, 5) is 14.2. The molecular formula is C14H20N2O2. The SMILES string of the molecule is CCN(C(=O)Cc1ccc(OC)cc1)C1CNC1. The van der Waals surface area contributed by atoms with Crippen molar-refractivity contribution in [2.45, 2.75) is 19.4 Å². The molecule has 1 aliphatic heterocycles. The summed E-state index contributed by atoms with van der Waals surface area (Å²) in [7, 11) is 1.64. The van der Waals surface area contributed by atoms with Gasteiger partial charge in [-0.05, 0) is 24.6 Å². The van der Waals surface area contributed by atoms with Gasteiger partial charge in [-0.25, -0.2) is 0 Å². The molecule has 0 bridgehead atoms. The van der Waals surface area contributed by atoms with Crippen LogP contribution in [0.3, 0.4) is 0 Å². The average molecular weight is 248 g/mol. The number of benzene rings is 1. The molecule has 2 rings (SSSR count). The number of rotatable bonds is 5. The third-order valence-electron chi connectivity index (χ3n) is 3.38. The molecule has 1 saturated heterocycles. The van der Waals surface area contributed by atoms with E-state index in [0.29, 0.717) is 12.5 Å². The monoisotopic (exact) mass is 248 g/mol. The van der Waals surface area contributed by atoms with E-state index in [9.17, 15) is 4.79 Å². The number of amides is 1. The van der Waals surface area contributed by atoms with Crippen LogP contribution >= 0.6 is 0 Å². The van der Waals surface area contributed by atoms with Crippen LogP contribution in [-0.2, 0) is 11.2 Å². The largest absolute Gasteiger partial charge is 0.497 e. The van der Waals surface area contributed by atoms with E-state index in [1.165, 1.54) is 0 Å². The van der Waals surface area contributed by atoms with Gasteiger partial charge in [0.25, 0.3) is 0 Å². The van der Waals surface area contributed by atoms with Gasteiger partial charge in [0.1, 0.15) is 5.75 Å². The molecule has 1 aromatic carbocycles. The maximum atomic E-state index is 12.2. The highest BCUT2D eigenvalue weighted by molar-refractivity contribution is 5.79. The average Bonchev–Trinajstić information content (AvgIpc) is 2.34. The summed E-state index contributed by atoms with van der Waals surface area (Å²) in [5.41, 5.74) is 1.03. The van der Waals surface area contributed by atoms with Crippen LogP contribution in [0, 0.1) is 0 Å². The van der Waals surface area contributed by atoms with Crippen molar-refractivity contribution in [3.63, 3.8) is 0 Å². The van der Waals surface area contributed by atoms with Crippen molar-refractivity contribution in [3.05, 3.63) is 29.8 Å². The van der Waals surface area contributed by atoms with Gasteiger partial charge >= 0.3 is 0 Å². The van der Waals surface area contributed by atoms with Crippen LogP contribution in [0.5, 0.6) is 5.75 Å². The number of methoxy groups -OCH3 is 1. The van der Waals surface area contributed by atoms with Crippen molar-refractivity contribution < 1.29 is 9.53 Å². The fourth-order valence-corrected chi connectivity index (χ4v) is 2.15. The quantitative estimate of drug-likeness (QED) is 0.847. The fourth-order valence-electron chi connectivity index (χ4n) is 2.15. The summed E-state index contributed by atoms with van der Waals surface area (Å²) in [6.45, 7) is 4.65. The van der Waals surface area contributed by atoms with Crippen LogP contribution in [0.4, 0.5) is 0 Å². The molecule has 18 heavy (non-hydrogen) atoms. The number of carbonyl (C=O) groups excluding carboxylic acids is 1. The maximum absolute atomic E-state index is 12.2. The minimum atomic E-state index is 0.203. The molecule has 0 aromatic heterocycles. The first-order valence-electron chi connectivity index (χ1n) is 6.37. The topological polar surface area (TPSA) is 41.6 Å². The van der Waals surface area contributed by atoms with Gasteiger partial charge in [-0.1, -0.05) is 12.1 Å². The van der Waals surface area contributed by atoms with Crippen molar-refractivity contribution in [1.29, 1.82) is 0 Å². The molecule has 0 spiro atoms. The number of nitrogens with zero attached hydrogens (tertiary/aromatic N) is 1. The Bertz CT molecular complexity index is 399. The third-order valence-corrected chi connectivity index (χ3v) is 3.38. The molecule has 1 amide bonds. The van der Waals surface area contributed by atoms with E-state index < -0.39 is 0 Å². The van der Waals surface area contributed by atoms with Gasteiger partial charge in [0.05, 0.1) is 19.6 Å². The summed E-state index contributed by atoms with van der Waals surface area (Å²) in [6.07, 6.45) is 0.467. The van der Waals surface area contributed by atoms with Gasteiger partial charge in [-0.2, -0.15) is 0 Å². The molecule has 4 nitrogen and oxygen atoms in total. The normalized spacial score (nSPS) is 15.0. The van der Waals surface area contributed by atoms with E-state index in [0.717, 1.165) is 30.9 Å². The Hall–Kier alpha value is -1.55. The highest BCUT2D eigenvalue weighted by Gasteiger charge is 2.26. The van der Waals surface area contributed by atoms with Crippen LogP contribution in [0.2, 0.25) is 0 Å². The lowest BCUT2D eigenvalue weighted by Gasteiger charge is -2.37. The van der Waals surface area contributed by atoms with Gasteiger partial charge in [-0.15, -0.1) is 0 Å². The van der Waals surface area contributed by atoms with E-state index in [4.69, 9.17) is 4.74 Å². The first-order chi connectivity index (χ1) is 8.74. The van der Waals surface area contributed by atoms with E-state index in [1.807, 2.05) is 36.1 Å².